The number of pyridine rings is 2. The summed E-state index contributed by atoms with van der Waals surface area (Å²) in [7, 11) is 0. The van der Waals surface area contributed by atoms with Crippen LogP contribution < -0.4 is 9.72 Å². The van der Waals surface area contributed by atoms with Crippen molar-refractivity contribution >= 4 is 11.5 Å². The van der Waals surface area contributed by atoms with E-state index in [1.165, 1.54) is 38.6 Å². The molecule has 2 unspecified atom stereocenters. The molecule has 2 aliphatic rings. The third-order valence-corrected chi connectivity index (χ3v) is 4.74. The molecule has 2 N–H and O–H groups in total. The molecule has 4 heteroatoms. The molecular weight excluding hydrogens is 276 g/mol. The van der Waals surface area contributed by atoms with Crippen molar-refractivity contribution < 1.29 is 14.3 Å². The van der Waals surface area contributed by atoms with Crippen molar-refractivity contribution in [2.45, 2.75) is 38.1 Å². The van der Waals surface area contributed by atoms with Crippen LogP contribution in [-0.4, -0.2) is 23.7 Å². The van der Waals surface area contributed by atoms with Gasteiger partial charge in [-0.15, -0.1) is 0 Å². The lowest BCUT2D eigenvalue weighted by Crippen LogP contribution is -2.29. The molecule has 1 saturated heterocycles. The van der Waals surface area contributed by atoms with Crippen molar-refractivity contribution in [2.75, 3.05) is 6.54 Å². The highest BCUT2D eigenvalue weighted by atomic mass is 16.4. The molecule has 1 aliphatic carbocycles. The average Bonchev–Trinajstić information content (AvgIpc) is 3.03. The zero-order chi connectivity index (χ0) is 15.4. The topological polar surface area (TPSA) is 53.4 Å². The highest BCUT2D eigenvalue weighted by Crippen LogP contribution is 2.29. The minimum absolute atomic E-state index is 0.322. The van der Waals surface area contributed by atoms with Crippen LogP contribution in [-0.2, 0) is 0 Å². The lowest BCUT2D eigenvalue weighted by Gasteiger charge is -2.24. The van der Waals surface area contributed by atoms with E-state index in [9.17, 15) is 4.79 Å². The number of carboxylic acids is 1. The number of aromatic nitrogens is 1. The van der Waals surface area contributed by atoms with E-state index in [-0.39, 0.29) is 0 Å². The van der Waals surface area contributed by atoms with Crippen LogP contribution in [0.2, 0.25) is 0 Å². The van der Waals surface area contributed by atoms with Crippen LogP contribution in [0.3, 0.4) is 0 Å². The normalized spacial score (nSPS) is 23.5. The molecule has 4 nitrogen and oxygen atoms in total. The van der Waals surface area contributed by atoms with Crippen molar-refractivity contribution in [2.24, 2.45) is 5.92 Å². The third kappa shape index (κ3) is 3.28. The molecule has 2 aromatic rings. The van der Waals surface area contributed by atoms with Gasteiger partial charge in [-0.25, -0.2) is 4.79 Å². The summed E-state index contributed by atoms with van der Waals surface area (Å²) in [6, 6.07) is 9.69. The van der Waals surface area contributed by atoms with Gasteiger partial charge in [0, 0.05) is 24.2 Å². The molecule has 1 aliphatic heterocycles. The Labute approximate surface area is 130 Å². The quantitative estimate of drug-likeness (QED) is 0.796. The molecule has 0 spiro atoms. The summed E-state index contributed by atoms with van der Waals surface area (Å²) in [6.45, 7) is 1.29. The lowest BCUT2D eigenvalue weighted by molar-refractivity contribution is -0.512. The van der Waals surface area contributed by atoms with E-state index in [4.69, 9.17) is 5.11 Å². The van der Waals surface area contributed by atoms with Crippen molar-refractivity contribution in [3.05, 3.63) is 48.3 Å². The second kappa shape index (κ2) is 6.88. The van der Waals surface area contributed by atoms with E-state index < -0.39 is 5.97 Å². The van der Waals surface area contributed by atoms with Gasteiger partial charge < -0.3 is 10.4 Å². The monoisotopic (exact) mass is 299 g/mol. The highest BCUT2D eigenvalue weighted by Gasteiger charge is 2.28. The smallest absolute Gasteiger partial charge is 0.342 e. The largest absolute Gasteiger partial charge is 0.477 e. The number of hydrogen-bond acceptors (Lipinski definition) is 2. The Balaban J connectivity index is 0.000000139. The first-order valence-electron chi connectivity index (χ1n) is 8.11. The van der Waals surface area contributed by atoms with Gasteiger partial charge in [-0.2, -0.15) is 4.40 Å². The molecule has 3 heterocycles. The maximum atomic E-state index is 10.8. The first-order chi connectivity index (χ1) is 10.8. The van der Waals surface area contributed by atoms with Gasteiger partial charge in [-0.1, -0.05) is 12.8 Å². The van der Waals surface area contributed by atoms with E-state index in [1.54, 1.807) is 22.6 Å². The molecule has 4 rings (SSSR count). The van der Waals surface area contributed by atoms with Gasteiger partial charge in [0.2, 0.25) is 5.52 Å². The Bertz CT molecular complexity index is 639. The fourth-order valence-electron chi connectivity index (χ4n) is 3.59. The summed E-state index contributed by atoms with van der Waals surface area (Å²) in [6.07, 6.45) is 11.0. The Morgan fingerprint density at radius 2 is 1.91 bits per heavy atom. The molecule has 2 aromatic heterocycles. The van der Waals surface area contributed by atoms with Crippen LogP contribution in [0.25, 0.3) is 5.52 Å². The SMILES string of the molecule is C1CCC2NCCC2C1.O=C(O)c1ccc[n+]2ccccc12. The fraction of sp³-hybridized carbons (Fsp3) is 0.444. The fourth-order valence-corrected chi connectivity index (χ4v) is 3.59. The van der Waals surface area contributed by atoms with Gasteiger partial charge in [0.15, 0.2) is 12.4 Å². The summed E-state index contributed by atoms with van der Waals surface area (Å²) in [4.78, 5) is 10.8. The number of nitrogens with one attached hydrogen (secondary N) is 1. The molecule has 0 amide bonds. The minimum atomic E-state index is -0.899. The first kappa shape index (κ1) is 15.0. The summed E-state index contributed by atoms with van der Waals surface area (Å²) < 4.78 is 1.78. The van der Waals surface area contributed by atoms with E-state index in [2.05, 4.69) is 5.32 Å². The van der Waals surface area contributed by atoms with Gasteiger partial charge in [0.05, 0.1) is 0 Å². The van der Waals surface area contributed by atoms with Gasteiger partial charge in [-0.05, 0) is 43.9 Å². The second-order valence-electron chi connectivity index (χ2n) is 6.11. The minimum Gasteiger partial charge on any atom is -0.477 e. The van der Waals surface area contributed by atoms with Crippen molar-refractivity contribution in [1.29, 1.82) is 0 Å². The van der Waals surface area contributed by atoms with Crippen LogP contribution in [0.5, 0.6) is 0 Å². The molecule has 2 atom stereocenters. The van der Waals surface area contributed by atoms with Gasteiger partial charge in [0.25, 0.3) is 0 Å². The van der Waals surface area contributed by atoms with E-state index in [0.29, 0.717) is 11.1 Å². The number of fused-ring (bicyclic) bond motifs is 2. The summed E-state index contributed by atoms with van der Waals surface area (Å²) in [5.74, 6) is 0.156. The average molecular weight is 299 g/mol. The van der Waals surface area contributed by atoms with Crippen LogP contribution in [0, 0.1) is 5.92 Å². The Kier molecular flexibility index (Phi) is 4.68. The number of rotatable bonds is 1. The van der Waals surface area contributed by atoms with E-state index in [0.717, 1.165) is 12.0 Å². The molecule has 0 bridgehead atoms. The Morgan fingerprint density at radius 3 is 2.73 bits per heavy atom. The Hall–Kier alpha value is -1.94. The van der Waals surface area contributed by atoms with Gasteiger partial charge >= 0.3 is 5.97 Å². The number of nitrogens with zero attached hydrogens (tertiary/aromatic N) is 1. The maximum Gasteiger partial charge on any atom is 0.342 e. The summed E-state index contributed by atoms with van der Waals surface area (Å²) in [5, 5.41) is 12.4. The lowest BCUT2D eigenvalue weighted by atomic mass is 9.86. The predicted octanol–water partition coefficient (Wildman–Crippen LogP) is 2.66. The molecule has 116 valence electrons. The van der Waals surface area contributed by atoms with Gasteiger partial charge in [0.1, 0.15) is 5.56 Å². The number of hydrogen-bond donors (Lipinski definition) is 2. The molecule has 2 fully saturated rings. The zero-order valence-corrected chi connectivity index (χ0v) is 12.7. The zero-order valence-electron chi connectivity index (χ0n) is 12.7. The van der Waals surface area contributed by atoms with Crippen LogP contribution in [0.4, 0.5) is 0 Å². The number of carbonyl (C=O) groups is 1. The molecule has 1 saturated carbocycles. The molecule has 0 aromatic carbocycles. The molecule has 0 radical (unpaired) electrons. The highest BCUT2D eigenvalue weighted by molar-refractivity contribution is 5.94. The second-order valence-corrected chi connectivity index (χ2v) is 6.11. The number of carboxylic acid groups (broad SMARTS) is 1. The summed E-state index contributed by atoms with van der Waals surface area (Å²) >= 11 is 0. The Morgan fingerprint density at radius 1 is 1.09 bits per heavy atom. The predicted molar refractivity (Wildman–Crippen MR) is 84.9 cm³/mol. The van der Waals surface area contributed by atoms with Crippen molar-refractivity contribution in [1.82, 2.24) is 5.32 Å². The van der Waals surface area contributed by atoms with Gasteiger partial charge in [-0.3, -0.25) is 0 Å². The molecular formula is C18H23N2O2+. The van der Waals surface area contributed by atoms with Crippen molar-refractivity contribution in [3.8, 4) is 0 Å². The summed E-state index contributed by atoms with van der Waals surface area (Å²) in [5.41, 5.74) is 1.03. The number of aromatic carboxylic acids is 1. The maximum absolute atomic E-state index is 10.8. The van der Waals surface area contributed by atoms with Crippen LogP contribution >= 0.6 is 0 Å². The van der Waals surface area contributed by atoms with E-state index in [1.807, 2.05) is 24.5 Å². The van der Waals surface area contributed by atoms with Crippen LogP contribution in [0.15, 0.2) is 42.7 Å². The van der Waals surface area contributed by atoms with Crippen LogP contribution in [0.1, 0.15) is 42.5 Å². The first-order valence-corrected chi connectivity index (χ1v) is 8.11. The van der Waals surface area contributed by atoms with Crippen molar-refractivity contribution in [3.63, 3.8) is 0 Å². The third-order valence-electron chi connectivity index (χ3n) is 4.74. The molecule has 22 heavy (non-hydrogen) atoms. The standard InChI is InChI=1S/C10H7NO2.C8H15N/c12-10(13)8-4-3-7-11-6-2-1-5-9(8)11;1-2-4-8-7(3-1)5-6-9-8/h1-7H;7-9H,1-6H2/p+1. The van der Waals surface area contributed by atoms with E-state index >= 15 is 0 Å².